The molecule has 126 valence electrons. The predicted octanol–water partition coefficient (Wildman–Crippen LogP) is 3.92. The molecule has 0 radical (unpaired) electrons. The number of nitrogens with zero attached hydrogens (tertiary/aromatic N) is 1. The van der Waals surface area contributed by atoms with Gasteiger partial charge in [-0.25, -0.2) is 5.43 Å². The predicted molar refractivity (Wildman–Crippen MR) is 95.3 cm³/mol. The van der Waals surface area contributed by atoms with E-state index in [1.54, 1.807) is 38.3 Å². The highest BCUT2D eigenvalue weighted by atomic mass is 35.5. The van der Waals surface area contributed by atoms with Crippen LogP contribution in [0.1, 0.15) is 12.5 Å². The third-order valence-electron chi connectivity index (χ3n) is 3.08. The zero-order chi connectivity index (χ0) is 17.5. The van der Waals surface area contributed by atoms with Crippen LogP contribution in [-0.4, -0.2) is 25.3 Å². The number of carbonyl (C=O) groups excluding carboxylic acids is 1. The van der Waals surface area contributed by atoms with Gasteiger partial charge in [0.1, 0.15) is 11.5 Å². The smallest absolute Gasteiger partial charge is 0.280 e. The molecular formula is C17H16Cl2N2O3. The van der Waals surface area contributed by atoms with E-state index in [-0.39, 0.29) is 0 Å². The number of methoxy groups -OCH3 is 1. The second kappa shape index (κ2) is 8.57. The maximum Gasteiger partial charge on any atom is 0.280 e. The topological polar surface area (TPSA) is 59.9 Å². The lowest BCUT2D eigenvalue weighted by atomic mass is 10.2. The Balaban J connectivity index is 1.95. The molecule has 0 saturated carbocycles. The quantitative estimate of drug-likeness (QED) is 0.622. The summed E-state index contributed by atoms with van der Waals surface area (Å²) in [4.78, 5) is 12.0. The Morgan fingerprint density at radius 1 is 1.21 bits per heavy atom. The summed E-state index contributed by atoms with van der Waals surface area (Å²) in [6.07, 6.45) is 0.720. The molecule has 1 N–H and O–H groups in total. The maximum atomic E-state index is 12.0. The summed E-state index contributed by atoms with van der Waals surface area (Å²) in [5.41, 5.74) is 3.16. The molecule has 0 aliphatic carbocycles. The molecule has 5 nitrogen and oxygen atoms in total. The number of ether oxygens (including phenoxy) is 2. The van der Waals surface area contributed by atoms with Gasteiger partial charge in [0.05, 0.1) is 18.3 Å². The van der Waals surface area contributed by atoms with E-state index in [1.165, 1.54) is 6.21 Å². The van der Waals surface area contributed by atoms with Crippen molar-refractivity contribution in [2.24, 2.45) is 5.10 Å². The Morgan fingerprint density at radius 3 is 2.67 bits per heavy atom. The van der Waals surface area contributed by atoms with E-state index in [9.17, 15) is 4.79 Å². The molecule has 1 unspecified atom stereocenters. The molecule has 0 spiro atoms. The van der Waals surface area contributed by atoms with E-state index < -0.39 is 12.0 Å². The molecule has 0 bridgehead atoms. The summed E-state index contributed by atoms with van der Waals surface area (Å²) >= 11 is 11.8. The fourth-order valence-corrected chi connectivity index (χ4v) is 2.30. The number of carbonyl (C=O) groups is 1. The van der Waals surface area contributed by atoms with Crippen molar-refractivity contribution in [2.45, 2.75) is 13.0 Å². The third-order valence-corrected chi connectivity index (χ3v) is 3.61. The first-order valence-corrected chi connectivity index (χ1v) is 7.84. The standard InChI is InChI=1S/C17H16Cl2N2O3/c1-11(24-16-8-7-13(18)9-14(16)19)17(22)21-20-10-12-5-3-4-6-15(12)23-2/h3-11H,1-2H3,(H,21,22). The van der Waals surface area contributed by atoms with Crippen molar-refractivity contribution < 1.29 is 14.3 Å². The van der Waals surface area contributed by atoms with Crippen LogP contribution in [0.15, 0.2) is 47.6 Å². The number of benzene rings is 2. The molecule has 24 heavy (non-hydrogen) atoms. The lowest BCUT2D eigenvalue weighted by molar-refractivity contribution is -0.127. The van der Waals surface area contributed by atoms with Crippen LogP contribution >= 0.6 is 23.2 Å². The number of rotatable bonds is 6. The number of hydrogen-bond donors (Lipinski definition) is 1. The van der Waals surface area contributed by atoms with Crippen molar-refractivity contribution in [3.63, 3.8) is 0 Å². The van der Waals surface area contributed by atoms with Gasteiger partial charge in [-0.2, -0.15) is 5.10 Å². The SMILES string of the molecule is COc1ccccc1C=NNC(=O)C(C)Oc1ccc(Cl)cc1Cl. The Morgan fingerprint density at radius 2 is 1.96 bits per heavy atom. The zero-order valence-corrected chi connectivity index (χ0v) is 14.6. The number of hydrazone groups is 1. The molecule has 7 heteroatoms. The highest BCUT2D eigenvalue weighted by molar-refractivity contribution is 6.35. The number of para-hydroxylation sites is 1. The molecule has 0 heterocycles. The van der Waals surface area contributed by atoms with Crippen LogP contribution in [0.3, 0.4) is 0 Å². The molecule has 0 saturated heterocycles. The highest BCUT2D eigenvalue weighted by Gasteiger charge is 2.15. The normalized spacial score (nSPS) is 12.0. The van der Waals surface area contributed by atoms with Gasteiger partial charge in [-0.05, 0) is 37.3 Å². The largest absolute Gasteiger partial charge is 0.496 e. The number of nitrogens with one attached hydrogen (secondary N) is 1. The van der Waals surface area contributed by atoms with Crippen molar-refractivity contribution in [3.05, 3.63) is 58.1 Å². The summed E-state index contributed by atoms with van der Waals surface area (Å²) in [6, 6.07) is 12.1. The van der Waals surface area contributed by atoms with Crippen molar-refractivity contribution in [3.8, 4) is 11.5 Å². The molecule has 2 aromatic rings. The molecule has 2 rings (SSSR count). The maximum absolute atomic E-state index is 12.0. The van der Waals surface area contributed by atoms with Crippen molar-refractivity contribution in [2.75, 3.05) is 7.11 Å². The van der Waals surface area contributed by atoms with Crippen LogP contribution in [0.4, 0.5) is 0 Å². The lowest BCUT2D eigenvalue weighted by Gasteiger charge is -2.14. The first kappa shape index (κ1) is 18.1. The van der Waals surface area contributed by atoms with Crippen molar-refractivity contribution in [1.29, 1.82) is 0 Å². The number of amides is 1. The summed E-state index contributed by atoms with van der Waals surface area (Å²) in [6.45, 7) is 1.60. The fourth-order valence-electron chi connectivity index (χ4n) is 1.84. The van der Waals surface area contributed by atoms with E-state index in [0.717, 1.165) is 5.56 Å². The molecule has 1 atom stereocenters. The first-order valence-electron chi connectivity index (χ1n) is 7.09. The van der Waals surface area contributed by atoms with Crippen LogP contribution in [0, 0.1) is 0 Å². The van der Waals surface area contributed by atoms with Gasteiger partial charge in [0, 0.05) is 10.6 Å². The summed E-state index contributed by atoms with van der Waals surface area (Å²) in [5.74, 6) is 0.623. The second-order valence-electron chi connectivity index (χ2n) is 4.81. The van der Waals surface area contributed by atoms with Crippen LogP contribution in [-0.2, 0) is 4.79 Å². The highest BCUT2D eigenvalue weighted by Crippen LogP contribution is 2.28. The van der Waals surface area contributed by atoms with E-state index in [1.807, 2.05) is 18.2 Å². The van der Waals surface area contributed by atoms with Crippen molar-refractivity contribution >= 4 is 35.3 Å². The van der Waals surface area contributed by atoms with Gasteiger partial charge in [-0.1, -0.05) is 35.3 Å². The minimum atomic E-state index is -0.779. The first-order chi connectivity index (χ1) is 11.5. The molecule has 0 aliphatic heterocycles. The summed E-state index contributed by atoms with van der Waals surface area (Å²) < 4.78 is 10.7. The number of hydrogen-bond acceptors (Lipinski definition) is 4. The van der Waals surface area contributed by atoms with Crippen LogP contribution in [0.25, 0.3) is 0 Å². The van der Waals surface area contributed by atoms with Crippen LogP contribution < -0.4 is 14.9 Å². The summed E-state index contributed by atoms with van der Waals surface area (Å²) in [7, 11) is 1.57. The fraction of sp³-hybridized carbons (Fsp3) is 0.176. The van der Waals surface area contributed by atoms with Gasteiger partial charge in [0.15, 0.2) is 6.10 Å². The van der Waals surface area contributed by atoms with Crippen LogP contribution in [0.2, 0.25) is 10.0 Å². The van der Waals surface area contributed by atoms with Gasteiger partial charge in [0.2, 0.25) is 0 Å². The molecular weight excluding hydrogens is 351 g/mol. The molecule has 2 aromatic carbocycles. The zero-order valence-electron chi connectivity index (χ0n) is 13.1. The number of halogens is 2. The van der Waals surface area contributed by atoms with E-state index >= 15 is 0 Å². The Bertz CT molecular complexity index is 750. The van der Waals surface area contributed by atoms with Gasteiger partial charge in [-0.3, -0.25) is 4.79 Å². The molecule has 0 aliphatic rings. The Labute approximate surface area is 150 Å². The molecule has 0 aromatic heterocycles. The lowest BCUT2D eigenvalue weighted by Crippen LogP contribution is -2.33. The second-order valence-corrected chi connectivity index (χ2v) is 5.65. The van der Waals surface area contributed by atoms with E-state index in [2.05, 4.69) is 10.5 Å². The average Bonchev–Trinajstić information content (AvgIpc) is 2.57. The van der Waals surface area contributed by atoms with Crippen LogP contribution in [0.5, 0.6) is 11.5 Å². The minimum absolute atomic E-state index is 0.333. The third kappa shape index (κ3) is 4.88. The Kier molecular flexibility index (Phi) is 6.46. The molecule has 0 fully saturated rings. The molecule has 1 amide bonds. The minimum Gasteiger partial charge on any atom is -0.496 e. The van der Waals surface area contributed by atoms with Gasteiger partial charge < -0.3 is 9.47 Å². The van der Waals surface area contributed by atoms with Gasteiger partial charge in [-0.15, -0.1) is 0 Å². The van der Waals surface area contributed by atoms with Gasteiger partial charge in [0.25, 0.3) is 5.91 Å². The monoisotopic (exact) mass is 366 g/mol. The average molecular weight is 367 g/mol. The van der Waals surface area contributed by atoms with Gasteiger partial charge >= 0.3 is 0 Å². The summed E-state index contributed by atoms with van der Waals surface area (Å²) in [5, 5.41) is 4.74. The van der Waals surface area contributed by atoms with E-state index in [4.69, 9.17) is 32.7 Å². The Hall–Kier alpha value is -2.24. The van der Waals surface area contributed by atoms with Crippen molar-refractivity contribution in [1.82, 2.24) is 5.43 Å². The van der Waals surface area contributed by atoms with E-state index in [0.29, 0.717) is 21.5 Å².